The lowest BCUT2D eigenvalue weighted by Gasteiger charge is -2.30. The van der Waals surface area contributed by atoms with Crippen molar-refractivity contribution in [3.63, 3.8) is 0 Å². The van der Waals surface area contributed by atoms with E-state index in [1.807, 2.05) is 24.3 Å². The fourth-order valence-electron chi connectivity index (χ4n) is 2.78. The SMILES string of the molecule is NCc1ccccc1CN1C(=O)CCc2cc(F)ccc21. The summed E-state index contributed by atoms with van der Waals surface area (Å²) in [4.78, 5) is 14.0. The van der Waals surface area contributed by atoms with Crippen molar-refractivity contribution < 1.29 is 9.18 Å². The van der Waals surface area contributed by atoms with E-state index in [1.54, 1.807) is 11.0 Å². The van der Waals surface area contributed by atoms with Crippen LogP contribution in [0.15, 0.2) is 42.5 Å². The van der Waals surface area contributed by atoms with E-state index in [2.05, 4.69) is 0 Å². The lowest BCUT2D eigenvalue weighted by atomic mass is 9.99. The highest BCUT2D eigenvalue weighted by Crippen LogP contribution is 2.30. The van der Waals surface area contributed by atoms with Gasteiger partial charge in [0.1, 0.15) is 5.82 Å². The quantitative estimate of drug-likeness (QED) is 0.942. The number of anilines is 1. The van der Waals surface area contributed by atoms with Crippen LogP contribution in [-0.4, -0.2) is 5.91 Å². The van der Waals surface area contributed by atoms with Gasteiger partial charge in [-0.2, -0.15) is 0 Å². The van der Waals surface area contributed by atoms with Crippen LogP contribution in [0.1, 0.15) is 23.1 Å². The van der Waals surface area contributed by atoms with Crippen molar-refractivity contribution in [2.75, 3.05) is 4.90 Å². The van der Waals surface area contributed by atoms with E-state index in [9.17, 15) is 9.18 Å². The van der Waals surface area contributed by atoms with Gasteiger partial charge in [-0.25, -0.2) is 4.39 Å². The maximum absolute atomic E-state index is 13.3. The van der Waals surface area contributed by atoms with Gasteiger partial charge in [0.05, 0.1) is 6.54 Å². The molecule has 1 heterocycles. The zero-order valence-corrected chi connectivity index (χ0v) is 11.7. The Morgan fingerprint density at radius 3 is 2.62 bits per heavy atom. The summed E-state index contributed by atoms with van der Waals surface area (Å²) in [6.45, 7) is 0.916. The van der Waals surface area contributed by atoms with Gasteiger partial charge < -0.3 is 10.6 Å². The summed E-state index contributed by atoms with van der Waals surface area (Å²) in [5.41, 5.74) is 9.51. The molecular formula is C17H17FN2O. The van der Waals surface area contributed by atoms with Gasteiger partial charge in [0, 0.05) is 18.7 Å². The van der Waals surface area contributed by atoms with Gasteiger partial charge in [0.2, 0.25) is 5.91 Å². The van der Waals surface area contributed by atoms with Gasteiger partial charge in [0.25, 0.3) is 0 Å². The molecule has 108 valence electrons. The van der Waals surface area contributed by atoms with E-state index >= 15 is 0 Å². The van der Waals surface area contributed by atoms with Crippen LogP contribution in [0.4, 0.5) is 10.1 Å². The van der Waals surface area contributed by atoms with Crippen molar-refractivity contribution in [1.82, 2.24) is 0 Å². The van der Waals surface area contributed by atoms with E-state index in [1.165, 1.54) is 12.1 Å². The molecule has 0 radical (unpaired) electrons. The van der Waals surface area contributed by atoms with Gasteiger partial charge in [-0.05, 0) is 41.3 Å². The number of nitrogens with zero attached hydrogens (tertiary/aromatic N) is 1. The number of carbonyl (C=O) groups excluding carboxylic acids is 1. The molecule has 1 amide bonds. The fraction of sp³-hybridized carbons (Fsp3) is 0.235. The predicted octanol–water partition coefficient (Wildman–Crippen LogP) is 2.76. The van der Waals surface area contributed by atoms with Crippen molar-refractivity contribution in [3.05, 3.63) is 65.0 Å². The number of amides is 1. The second kappa shape index (κ2) is 5.66. The van der Waals surface area contributed by atoms with Crippen LogP contribution in [0.2, 0.25) is 0 Å². The lowest BCUT2D eigenvalue weighted by Crippen LogP contribution is -2.35. The van der Waals surface area contributed by atoms with Crippen LogP contribution < -0.4 is 10.6 Å². The van der Waals surface area contributed by atoms with Crippen LogP contribution in [-0.2, 0) is 24.3 Å². The monoisotopic (exact) mass is 284 g/mol. The van der Waals surface area contributed by atoms with Crippen molar-refractivity contribution in [2.45, 2.75) is 25.9 Å². The molecule has 2 N–H and O–H groups in total. The highest BCUT2D eigenvalue weighted by Gasteiger charge is 2.24. The lowest BCUT2D eigenvalue weighted by molar-refractivity contribution is -0.119. The van der Waals surface area contributed by atoms with Gasteiger partial charge in [-0.15, -0.1) is 0 Å². The third-order valence-corrected chi connectivity index (χ3v) is 3.91. The highest BCUT2D eigenvalue weighted by atomic mass is 19.1. The van der Waals surface area contributed by atoms with Gasteiger partial charge in [0.15, 0.2) is 0 Å². The molecule has 3 rings (SSSR count). The van der Waals surface area contributed by atoms with Crippen LogP contribution in [0.25, 0.3) is 0 Å². The molecule has 2 aromatic rings. The third kappa shape index (κ3) is 2.67. The number of rotatable bonds is 3. The standard InChI is InChI=1S/C17H17FN2O/c18-15-6-7-16-12(9-15)5-8-17(21)20(16)11-14-4-2-1-3-13(14)10-19/h1-4,6-7,9H,5,8,10-11,19H2. The second-order valence-electron chi connectivity index (χ2n) is 5.23. The summed E-state index contributed by atoms with van der Waals surface area (Å²) in [5, 5.41) is 0. The Bertz CT molecular complexity index is 684. The summed E-state index contributed by atoms with van der Waals surface area (Å²) in [6, 6.07) is 12.4. The van der Waals surface area contributed by atoms with E-state index in [4.69, 9.17) is 5.73 Å². The Morgan fingerprint density at radius 1 is 1.10 bits per heavy atom. The fourth-order valence-corrected chi connectivity index (χ4v) is 2.78. The molecule has 4 heteroatoms. The highest BCUT2D eigenvalue weighted by molar-refractivity contribution is 5.96. The molecular weight excluding hydrogens is 267 g/mol. The van der Waals surface area contributed by atoms with Crippen molar-refractivity contribution in [1.29, 1.82) is 0 Å². The largest absolute Gasteiger partial charge is 0.326 e. The van der Waals surface area contributed by atoms with Crippen molar-refractivity contribution in [3.8, 4) is 0 Å². The predicted molar refractivity (Wildman–Crippen MR) is 80.2 cm³/mol. The zero-order valence-electron chi connectivity index (χ0n) is 11.7. The molecule has 0 spiro atoms. The first-order valence-corrected chi connectivity index (χ1v) is 7.04. The maximum atomic E-state index is 13.3. The molecule has 0 bridgehead atoms. The van der Waals surface area contributed by atoms with E-state index in [-0.39, 0.29) is 11.7 Å². The number of aryl methyl sites for hydroxylation is 1. The van der Waals surface area contributed by atoms with E-state index < -0.39 is 0 Å². The Labute approximate surface area is 123 Å². The average molecular weight is 284 g/mol. The Morgan fingerprint density at radius 2 is 1.86 bits per heavy atom. The minimum atomic E-state index is -0.259. The molecule has 0 saturated carbocycles. The van der Waals surface area contributed by atoms with Gasteiger partial charge in [-0.1, -0.05) is 24.3 Å². The summed E-state index contributed by atoms with van der Waals surface area (Å²) in [7, 11) is 0. The molecule has 0 atom stereocenters. The second-order valence-corrected chi connectivity index (χ2v) is 5.23. The van der Waals surface area contributed by atoms with Crippen LogP contribution in [0, 0.1) is 5.82 Å². The molecule has 0 aromatic heterocycles. The average Bonchev–Trinajstić information content (AvgIpc) is 2.50. The summed E-state index contributed by atoms with van der Waals surface area (Å²) < 4.78 is 13.3. The zero-order chi connectivity index (χ0) is 14.8. The number of carbonyl (C=O) groups is 1. The van der Waals surface area contributed by atoms with Gasteiger partial charge in [-0.3, -0.25) is 4.79 Å². The number of fused-ring (bicyclic) bond motifs is 1. The number of nitrogens with two attached hydrogens (primary N) is 1. The minimum absolute atomic E-state index is 0.0703. The summed E-state index contributed by atoms with van der Waals surface area (Å²) >= 11 is 0. The normalized spacial score (nSPS) is 14.2. The smallest absolute Gasteiger partial charge is 0.227 e. The third-order valence-electron chi connectivity index (χ3n) is 3.91. The first-order chi connectivity index (χ1) is 10.2. The molecule has 21 heavy (non-hydrogen) atoms. The number of hydrogen-bond donors (Lipinski definition) is 1. The Balaban J connectivity index is 1.97. The summed E-state index contributed by atoms with van der Waals surface area (Å²) in [5.74, 6) is -0.189. The van der Waals surface area contributed by atoms with E-state index in [0.29, 0.717) is 25.9 Å². The molecule has 0 fully saturated rings. The van der Waals surface area contributed by atoms with Gasteiger partial charge >= 0.3 is 0 Å². The Hall–Kier alpha value is -2.20. The van der Waals surface area contributed by atoms with Crippen LogP contribution in [0.3, 0.4) is 0 Å². The van der Waals surface area contributed by atoms with Crippen LogP contribution in [0.5, 0.6) is 0 Å². The minimum Gasteiger partial charge on any atom is -0.326 e. The van der Waals surface area contributed by atoms with Crippen molar-refractivity contribution in [2.24, 2.45) is 5.73 Å². The van der Waals surface area contributed by atoms with Crippen LogP contribution >= 0.6 is 0 Å². The van der Waals surface area contributed by atoms with Crippen molar-refractivity contribution >= 4 is 11.6 Å². The molecule has 2 aromatic carbocycles. The molecule has 3 nitrogen and oxygen atoms in total. The first kappa shape index (κ1) is 13.8. The maximum Gasteiger partial charge on any atom is 0.227 e. The summed E-state index contributed by atoms with van der Waals surface area (Å²) in [6.07, 6.45) is 1.02. The Kier molecular flexibility index (Phi) is 3.71. The molecule has 0 saturated heterocycles. The number of halogens is 1. The molecule has 1 aliphatic heterocycles. The molecule has 1 aliphatic rings. The topological polar surface area (TPSA) is 46.3 Å². The number of hydrogen-bond acceptors (Lipinski definition) is 2. The first-order valence-electron chi connectivity index (χ1n) is 7.04. The van der Waals surface area contributed by atoms with E-state index in [0.717, 1.165) is 22.4 Å². The molecule has 0 unspecified atom stereocenters. The molecule has 0 aliphatic carbocycles. The number of benzene rings is 2.